The highest BCUT2D eigenvalue weighted by molar-refractivity contribution is 5.67. The van der Waals surface area contributed by atoms with Crippen LogP contribution in [-0.4, -0.2) is 98.6 Å². The molecule has 1 saturated carbocycles. The summed E-state index contributed by atoms with van der Waals surface area (Å²) in [6, 6.07) is 7.91. The van der Waals surface area contributed by atoms with Crippen molar-refractivity contribution in [1.82, 2.24) is 25.1 Å². The number of nitrogens with one attached hydrogen (secondary N) is 2. The second kappa shape index (κ2) is 20.8. The maximum atomic E-state index is 9.52. The molecule has 14 heteroatoms. The Balaban J connectivity index is 0.000000780. The molecule has 3 aromatic rings. The number of hydrogen-bond acceptors (Lipinski definition) is 12. The molecule has 1 aliphatic carbocycles. The van der Waals surface area contributed by atoms with Gasteiger partial charge in [-0.2, -0.15) is 5.26 Å². The van der Waals surface area contributed by atoms with Crippen molar-refractivity contribution in [1.29, 1.82) is 5.26 Å². The molecule has 2 fully saturated rings. The summed E-state index contributed by atoms with van der Waals surface area (Å²) in [7, 11) is 1.66. The molecule has 4 N–H and O–H groups in total. The van der Waals surface area contributed by atoms with Gasteiger partial charge in [0, 0.05) is 51.2 Å². The fourth-order valence-electron chi connectivity index (χ4n) is 5.21. The third kappa shape index (κ3) is 12.1. The first-order valence-electron chi connectivity index (χ1n) is 16.7. The van der Waals surface area contributed by atoms with Gasteiger partial charge < -0.3 is 40.1 Å². The quantitative estimate of drug-likeness (QED) is 0.113. The van der Waals surface area contributed by atoms with Crippen molar-refractivity contribution in [2.75, 3.05) is 71.7 Å². The number of rotatable bonds is 16. The number of nitrogens with two attached hydrogens (primary N) is 1. The van der Waals surface area contributed by atoms with E-state index in [2.05, 4.69) is 31.7 Å². The van der Waals surface area contributed by atoms with Crippen LogP contribution in [0.1, 0.15) is 57.1 Å². The van der Waals surface area contributed by atoms with Gasteiger partial charge in [0.05, 0.1) is 63.7 Å². The molecule has 3 heterocycles. The molecule has 14 nitrogen and oxygen atoms in total. The highest BCUT2D eigenvalue weighted by Gasteiger charge is 2.20. The molecule has 0 spiro atoms. The molecule has 0 bridgehead atoms. The lowest BCUT2D eigenvalue weighted by molar-refractivity contribution is 0.0641. The van der Waals surface area contributed by atoms with E-state index in [1.165, 1.54) is 25.6 Å². The number of morpholine rings is 1. The lowest BCUT2D eigenvalue weighted by Gasteiger charge is -2.21. The smallest absolute Gasteiger partial charge is 0.256 e. The second-order valence-corrected chi connectivity index (χ2v) is 11.5. The van der Waals surface area contributed by atoms with Crippen LogP contribution >= 0.6 is 0 Å². The van der Waals surface area contributed by atoms with E-state index in [4.69, 9.17) is 34.5 Å². The van der Waals surface area contributed by atoms with Gasteiger partial charge in [-0.25, -0.2) is 9.97 Å². The van der Waals surface area contributed by atoms with Gasteiger partial charge in [0.25, 0.3) is 5.88 Å². The third-order valence-corrected chi connectivity index (χ3v) is 7.73. The maximum absolute atomic E-state index is 9.52. The van der Waals surface area contributed by atoms with Crippen molar-refractivity contribution >= 4 is 18.0 Å². The van der Waals surface area contributed by atoms with Crippen LogP contribution in [0.5, 0.6) is 11.6 Å². The first-order chi connectivity index (χ1) is 23.6. The second-order valence-electron chi connectivity index (χ2n) is 11.5. The van der Waals surface area contributed by atoms with Crippen molar-refractivity contribution in [2.45, 2.75) is 57.6 Å². The van der Waals surface area contributed by atoms with Gasteiger partial charge in [0.1, 0.15) is 23.6 Å². The fraction of sp³-hybridized carbons (Fsp3) is 0.559. The first-order valence-corrected chi connectivity index (χ1v) is 16.7. The largest absolute Gasteiger partial charge is 0.487 e. The predicted octanol–water partition coefficient (Wildman–Crippen LogP) is 4.25. The van der Waals surface area contributed by atoms with Gasteiger partial charge in [0.15, 0.2) is 0 Å². The zero-order valence-corrected chi connectivity index (χ0v) is 28.1. The number of hydrogen-bond donors (Lipinski definition) is 3. The summed E-state index contributed by atoms with van der Waals surface area (Å²) < 4.78 is 29.6. The summed E-state index contributed by atoms with van der Waals surface area (Å²) in [5.74, 6) is 1.41. The Morgan fingerprint density at radius 1 is 1.12 bits per heavy atom. The average molecular weight is 664 g/mol. The monoisotopic (exact) mass is 663 g/mol. The fourth-order valence-corrected chi connectivity index (χ4v) is 5.21. The van der Waals surface area contributed by atoms with Crippen molar-refractivity contribution < 1.29 is 23.7 Å². The minimum atomic E-state index is -0.246. The molecule has 1 saturated heterocycles. The van der Waals surface area contributed by atoms with Crippen LogP contribution in [0, 0.1) is 11.3 Å². The van der Waals surface area contributed by atoms with Crippen LogP contribution in [0.15, 0.2) is 41.8 Å². The highest BCUT2D eigenvalue weighted by atomic mass is 16.5. The van der Waals surface area contributed by atoms with E-state index in [1.54, 1.807) is 25.6 Å². The number of aromatic nitrogens is 4. The Morgan fingerprint density at radius 3 is 2.58 bits per heavy atom. The van der Waals surface area contributed by atoms with Crippen LogP contribution in [0.2, 0.25) is 0 Å². The minimum absolute atomic E-state index is 0.246. The molecule has 0 amide bonds. The van der Waals surface area contributed by atoms with E-state index in [-0.39, 0.29) is 6.10 Å². The van der Waals surface area contributed by atoms with E-state index < -0.39 is 0 Å². The lowest BCUT2D eigenvalue weighted by Crippen LogP contribution is -2.30. The molecule has 0 unspecified atom stereocenters. The zero-order chi connectivity index (χ0) is 33.8. The normalized spacial score (nSPS) is 15.7. The van der Waals surface area contributed by atoms with Crippen molar-refractivity contribution in [3.63, 3.8) is 0 Å². The van der Waals surface area contributed by atoms with Gasteiger partial charge in [-0.05, 0) is 37.5 Å². The molecule has 48 heavy (non-hydrogen) atoms. The van der Waals surface area contributed by atoms with E-state index in [9.17, 15) is 5.26 Å². The topological polar surface area (TPSA) is 176 Å². The number of nitrogens with zero attached hydrogens (tertiary/aromatic N) is 6. The molecular weight excluding hydrogens is 614 g/mol. The van der Waals surface area contributed by atoms with E-state index in [0.29, 0.717) is 62.2 Å². The minimum Gasteiger partial charge on any atom is -0.487 e. The molecule has 1 aliphatic heterocycles. The number of aliphatic imine (C=N–C) groups is 1. The SMILES string of the molecule is C1COCCN1.COCCOCCCOc1nn(C2CCCCC2)cc1Nc1ncc(-c2ccc(C#N)c(O[C@@H](C)CN=CN)c2)cn1. The van der Waals surface area contributed by atoms with Crippen LogP contribution < -0.4 is 25.8 Å². The van der Waals surface area contributed by atoms with Crippen molar-refractivity contribution in [3.8, 4) is 28.8 Å². The number of ether oxygens (including phenoxy) is 5. The van der Waals surface area contributed by atoms with Crippen LogP contribution in [-0.2, 0) is 14.2 Å². The van der Waals surface area contributed by atoms with E-state index in [1.807, 2.05) is 29.9 Å². The van der Waals surface area contributed by atoms with E-state index >= 15 is 0 Å². The third-order valence-electron chi connectivity index (χ3n) is 7.73. The predicted molar refractivity (Wildman–Crippen MR) is 184 cm³/mol. The standard InChI is InChI=1S/C30H40N8O4.C4H9NO/c1-22(17-33-21-32)42-28-15-23(9-10-24(28)16-31)25-18-34-30(35-19-25)36-27-20-38(26-7-4-3-5-8-26)37-29(27)41-12-6-11-40-14-13-39-2;1-3-6-4-2-5-1/h9-10,15,18-22,26H,3-8,11-14,17H2,1-2H3,(H2,32,33)(H,34,35,36);5H,1-4H2/t22-;/m0./s1. The number of methoxy groups -OCH3 is 1. The molecule has 0 radical (unpaired) electrons. The van der Waals surface area contributed by atoms with E-state index in [0.717, 1.165) is 62.4 Å². The summed E-state index contributed by atoms with van der Waals surface area (Å²) in [5.41, 5.74) is 8.10. The maximum Gasteiger partial charge on any atom is 0.256 e. The van der Waals surface area contributed by atoms with Crippen LogP contribution in [0.25, 0.3) is 11.1 Å². The Kier molecular flexibility index (Phi) is 15.9. The van der Waals surface area contributed by atoms with Crippen molar-refractivity contribution in [3.05, 3.63) is 42.4 Å². The summed E-state index contributed by atoms with van der Waals surface area (Å²) in [4.78, 5) is 13.1. The van der Waals surface area contributed by atoms with Crippen LogP contribution in [0.4, 0.5) is 11.6 Å². The Morgan fingerprint density at radius 2 is 1.92 bits per heavy atom. The van der Waals surface area contributed by atoms with Gasteiger partial charge in [-0.15, -0.1) is 5.10 Å². The Bertz CT molecular complexity index is 1410. The summed E-state index contributed by atoms with van der Waals surface area (Å²) in [6.07, 6.45) is 13.1. The molecule has 1 aromatic carbocycles. The summed E-state index contributed by atoms with van der Waals surface area (Å²) >= 11 is 0. The van der Waals surface area contributed by atoms with Gasteiger partial charge in [-0.3, -0.25) is 9.67 Å². The number of anilines is 2. The molecule has 5 rings (SSSR count). The van der Waals surface area contributed by atoms with Gasteiger partial charge in [0.2, 0.25) is 5.95 Å². The molecule has 260 valence electrons. The summed E-state index contributed by atoms with van der Waals surface area (Å²) in [5, 5.41) is 20.7. The zero-order valence-electron chi connectivity index (χ0n) is 28.1. The van der Waals surface area contributed by atoms with Gasteiger partial charge in [-0.1, -0.05) is 25.3 Å². The van der Waals surface area contributed by atoms with Crippen molar-refractivity contribution in [2.24, 2.45) is 10.7 Å². The molecule has 2 aromatic heterocycles. The number of benzene rings is 1. The summed E-state index contributed by atoms with van der Waals surface area (Å²) in [6.45, 7) is 8.29. The Labute approximate surface area is 283 Å². The molecule has 2 aliphatic rings. The number of nitriles is 1. The first kappa shape index (κ1) is 36.5. The molecule has 1 atom stereocenters. The average Bonchev–Trinajstić information content (AvgIpc) is 3.54. The highest BCUT2D eigenvalue weighted by Crippen LogP contribution is 2.33. The molecular formula is C34H49N9O5. The Hall–Kier alpha value is -4.29. The lowest BCUT2D eigenvalue weighted by atomic mass is 9.96. The van der Waals surface area contributed by atoms with Crippen LogP contribution in [0.3, 0.4) is 0 Å². The van der Waals surface area contributed by atoms with Gasteiger partial charge >= 0.3 is 0 Å².